The standard InChI is InChI=1S/C11H16N4O3/c1-7-4-5-8(15(17)18)9(14-7)13-6-11(2,3)10(12)16/h4-5H,6H2,1-3H3,(H2,12,16)(H,13,14). The number of carbonyl (C=O) groups is 1. The largest absolute Gasteiger partial charge is 0.369 e. The maximum absolute atomic E-state index is 11.2. The lowest BCUT2D eigenvalue weighted by Crippen LogP contribution is -2.37. The van der Waals surface area contributed by atoms with E-state index in [0.717, 1.165) is 0 Å². The second-order valence-corrected chi connectivity index (χ2v) is 4.68. The van der Waals surface area contributed by atoms with Gasteiger partial charge < -0.3 is 11.1 Å². The van der Waals surface area contributed by atoms with Gasteiger partial charge in [0.15, 0.2) is 0 Å². The normalized spacial score (nSPS) is 11.1. The van der Waals surface area contributed by atoms with Gasteiger partial charge in [-0.15, -0.1) is 0 Å². The molecule has 0 saturated carbocycles. The Hall–Kier alpha value is -2.18. The van der Waals surface area contributed by atoms with Crippen LogP contribution in [0.15, 0.2) is 12.1 Å². The van der Waals surface area contributed by atoms with Crippen LogP contribution in [0.5, 0.6) is 0 Å². The molecule has 0 aliphatic rings. The van der Waals surface area contributed by atoms with Crippen LogP contribution in [0, 0.1) is 22.5 Å². The molecule has 1 aromatic rings. The second-order valence-electron chi connectivity index (χ2n) is 4.68. The highest BCUT2D eigenvalue weighted by molar-refractivity contribution is 5.80. The van der Waals surface area contributed by atoms with Crippen LogP contribution in [0.1, 0.15) is 19.5 Å². The first-order chi connectivity index (χ1) is 8.24. The highest BCUT2D eigenvalue weighted by Crippen LogP contribution is 2.24. The molecule has 1 heterocycles. The number of aryl methyl sites for hydroxylation is 1. The third-order valence-electron chi connectivity index (χ3n) is 2.57. The number of anilines is 1. The number of carbonyl (C=O) groups excluding carboxylic acids is 1. The topological polar surface area (TPSA) is 111 Å². The first kappa shape index (κ1) is 13.9. The third kappa shape index (κ3) is 3.16. The fourth-order valence-electron chi connectivity index (χ4n) is 1.22. The molecule has 1 rings (SSSR count). The Morgan fingerprint density at radius 1 is 1.56 bits per heavy atom. The molecule has 1 aromatic heterocycles. The number of aromatic nitrogens is 1. The van der Waals surface area contributed by atoms with E-state index in [0.29, 0.717) is 5.69 Å². The van der Waals surface area contributed by atoms with Crippen molar-refractivity contribution in [2.24, 2.45) is 11.1 Å². The number of nitro groups is 1. The molecule has 7 nitrogen and oxygen atoms in total. The van der Waals surface area contributed by atoms with Crippen LogP contribution < -0.4 is 11.1 Å². The molecule has 0 aliphatic heterocycles. The minimum absolute atomic E-state index is 0.124. The van der Waals surface area contributed by atoms with Crippen molar-refractivity contribution in [3.63, 3.8) is 0 Å². The van der Waals surface area contributed by atoms with E-state index < -0.39 is 16.2 Å². The Labute approximate surface area is 105 Å². The van der Waals surface area contributed by atoms with Crippen molar-refractivity contribution in [2.75, 3.05) is 11.9 Å². The number of amides is 1. The number of primary amides is 1. The van der Waals surface area contributed by atoms with Gasteiger partial charge in [-0.25, -0.2) is 4.98 Å². The summed E-state index contributed by atoms with van der Waals surface area (Å²) in [5.74, 6) is -0.334. The lowest BCUT2D eigenvalue weighted by Gasteiger charge is -2.21. The van der Waals surface area contributed by atoms with Crippen molar-refractivity contribution in [1.82, 2.24) is 4.98 Å². The van der Waals surface area contributed by atoms with E-state index in [2.05, 4.69) is 10.3 Å². The summed E-state index contributed by atoms with van der Waals surface area (Å²) >= 11 is 0. The molecular formula is C11H16N4O3. The molecule has 0 saturated heterocycles. The molecule has 18 heavy (non-hydrogen) atoms. The lowest BCUT2D eigenvalue weighted by molar-refractivity contribution is -0.384. The molecule has 1 amide bonds. The summed E-state index contributed by atoms with van der Waals surface area (Å²) in [6, 6.07) is 2.93. The Morgan fingerprint density at radius 3 is 2.67 bits per heavy atom. The van der Waals surface area contributed by atoms with Crippen LogP contribution in [0.2, 0.25) is 0 Å². The summed E-state index contributed by atoms with van der Waals surface area (Å²) in [4.78, 5) is 25.5. The van der Waals surface area contributed by atoms with E-state index in [1.165, 1.54) is 6.07 Å². The van der Waals surface area contributed by atoms with Gasteiger partial charge in [0.05, 0.1) is 10.3 Å². The quantitative estimate of drug-likeness (QED) is 0.604. The second kappa shape index (κ2) is 4.99. The van der Waals surface area contributed by atoms with Gasteiger partial charge >= 0.3 is 5.69 Å². The molecule has 0 unspecified atom stereocenters. The maximum atomic E-state index is 11.2. The molecule has 7 heteroatoms. The summed E-state index contributed by atoms with van der Waals surface area (Å²) in [5, 5.41) is 13.6. The van der Waals surface area contributed by atoms with Gasteiger partial charge in [-0.2, -0.15) is 0 Å². The minimum atomic E-state index is -0.806. The molecule has 0 fully saturated rings. The van der Waals surface area contributed by atoms with Crippen LogP contribution >= 0.6 is 0 Å². The summed E-state index contributed by atoms with van der Waals surface area (Å²) in [5.41, 5.74) is 4.95. The third-order valence-corrected chi connectivity index (χ3v) is 2.57. The zero-order chi connectivity index (χ0) is 13.9. The van der Waals surface area contributed by atoms with E-state index in [-0.39, 0.29) is 18.1 Å². The van der Waals surface area contributed by atoms with E-state index in [9.17, 15) is 14.9 Å². The van der Waals surface area contributed by atoms with E-state index in [1.54, 1.807) is 26.8 Å². The fraction of sp³-hybridized carbons (Fsp3) is 0.455. The van der Waals surface area contributed by atoms with Gasteiger partial charge in [-0.1, -0.05) is 0 Å². The molecule has 0 radical (unpaired) electrons. The van der Waals surface area contributed by atoms with Crippen LogP contribution in [0.4, 0.5) is 11.5 Å². The smallest absolute Gasteiger partial charge is 0.311 e. The summed E-state index contributed by atoms with van der Waals surface area (Å²) < 4.78 is 0. The number of hydrogen-bond acceptors (Lipinski definition) is 5. The SMILES string of the molecule is Cc1ccc([N+](=O)[O-])c(NCC(C)(C)C(N)=O)n1. The molecule has 0 aliphatic carbocycles. The van der Waals surface area contributed by atoms with E-state index in [4.69, 9.17) is 5.73 Å². The van der Waals surface area contributed by atoms with Gasteiger partial charge in [0.25, 0.3) is 0 Å². The summed E-state index contributed by atoms with van der Waals surface area (Å²) in [7, 11) is 0. The number of hydrogen-bond donors (Lipinski definition) is 2. The predicted octanol–water partition coefficient (Wildman–Crippen LogP) is 1.22. The monoisotopic (exact) mass is 252 g/mol. The van der Waals surface area contributed by atoms with Crippen molar-refractivity contribution in [1.29, 1.82) is 0 Å². The maximum Gasteiger partial charge on any atom is 0.311 e. The molecule has 0 spiro atoms. The molecule has 0 bridgehead atoms. The molecule has 0 aromatic carbocycles. The van der Waals surface area contributed by atoms with Gasteiger partial charge in [0.1, 0.15) is 0 Å². The molecule has 98 valence electrons. The average molecular weight is 252 g/mol. The zero-order valence-electron chi connectivity index (χ0n) is 10.6. The van der Waals surface area contributed by atoms with Gasteiger partial charge in [0.2, 0.25) is 11.7 Å². The first-order valence-corrected chi connectivity index (χ1v) is 5.40. The van der Waals surface area contributed by atoms with Crippen molar-refractivity contribution in [2.45, 2.75) is 20.8 Å². The van der Waals surface area contributed by atoms with Crippen LogP contribution in [0.3, 0.4) is 0 Å². The van der Waals surface area contributed by atoms with Crippen LogP contribution in [-0.4, -0.2) is 22.4 Å². The van der Waals surface area contributed by atoms with Crippen molar-refractivity contribution < 1.29 is 9.72 Å². The van der Waals surface area contributed by atoms with Crippen molar-refractivity contribution in [3.8, 4) is 0 Å². The molecule has 0 atom stereocenters. The fourth-order valence-corrected chi connectivity index (χ4v) is 1.22. The Bertz CT molecular complexity index is 485. The summed E-state index contributed by atoms with van der Waals surface area (Å²) in [6.45, 7) is 5.22. The van der Waals surface area contributed by atoms with Gasteiger partial charge in [0, 0.05) is 18.3 Å². The zero-order valence-corrected chi connectivity index (χ0v) is 10.6. The number of pyridine rings is 1. The lowest BCUT2D eigenvalue weighted by atomic mass is 9.93. The van der Waals surface area contributed by atoms with Crippen LogP contribution in [-0.2, 0) is 4.79 Å². The first-order valence-electron chi connectivity index (χ1n) is 5.40. The average Bonchev–Trinajstić information content (AvgIpc) is 2.26. The molecule has 3 N–H and O–H groups in total. The Kier molecular flexibility index (Phi) is 3.85. The van der Waals surface area contributed by atoms with Gasteiger partial charge in [-0.05, 0) is 26.8 Å². The highest BCUT2D eigenvalue weighted by atomic mass is 16.6. The number of nitrogens with two attached hydrogens (primary N) is 1. The van der Waals surface area contributed by atoms with Crippen LogP contribution in [0.25, 0.3) is 0 Å². The predicted molar refractivity (Wildman–Crippen MR) is 67.1 cm³/mol. The van der Waals surface area contributed by atoms with Gasteiger partial charge in [-0.3, -0.25) is 14.9 Å². The Morgan fingerprint density at radius 2 is 2.17 bits per heavy atom. The highest BCUT2D eigenvalue weighted by Gasteiger charge is 2.26. The number of nitrogens with zero attached hydrogens (tertiary/aromatic N) is 2. The van der Waals surface area contributed by atoms with E-state index >= 15 is 0 Å². The Balaban J connectivity index is 2.94. The number of rotatable bonds is 5. The molecular weight excluding hydrogens is 236 g/mol. The number of nitrogens with one attached hydrogen (secondary N) is 1. The van der Waals surface area contributed by atoms with Crippen molar-refractivity contribution >= 4 is 17.4 Å². The van der Waals surface area contributed by atoms with E-state index in [1.807, 2.05) is 0 Å². The summed E-state index contributed by atoms with van der Waals surface area (Å²) in [6.07, 6.45) is 0. The minimum Gasteiger partial charge on any atom is -0.369 e. The van der Waals surface area contributed by atoms with Crippen molar-refractivity contribution in [3.05, 3.63) is 27.9 Å².